The fourth-order valence-corrected chi connectivity index (χ4v) is 5.11. The maximum atomic E-state index is 13.6. The Morgan fingerprint density at radius 3 is 2.46 bits per heavy atom. The molecule has 0 radical (unpaired) electrons. The monoisotopic (exact) mass is 526 g/mol. The van der Waals surface area contributed by atoms with E-state index in [4.69, 9.17) is 4.74 Å². The number of benzene rings is 3. The Morgan fingerprint density at radius 1 is 1.05 bits per heavy atom. The second-order valence-corrected chi connectivity index (χ2v) is 10.5. The number of fused-ring (bicyclic) bond motifs is 1. The number of aromatic nitrogens is 1. The van der Waals surface area contributed by atoms with E-state index in [0.717, 1.165) is 22.0 Å². The first kappa shape index (κ1) is 26.2. The Bertz CT molecular complexity index is 1600. The van der Waals surface area contributed by atoms with E-state index in [9.17, 15) is 19.1 Å². The lowest BCUT2D eigenvalue weighted by Gasteiger charge is -2.25. The highest BCUT2D eigenvalue weighted by Crippen LogP contribution is 2.43. The lowest BCUT2D eigenvalue weighted by Crippen LogP contribution is -2.29. The summed E-state index contributed by atoms with van der Waals surface area (Å²) in [5.41, 5.74) is 3.59. The van der Waals surface area contributed by atoms with Crippen LogP contribution in [0.2, 0.25) is 0 Å². The molecule has 7 heteroatoms. The molecule has 1 saturated heterocycles. The zero-order valence-electron chi connectivity index (χ0n) is 22.4. The molecule has 0 aliphatic carbocycles. The Kier molecular flexibility index (Phi) is 7.00. The van der Waals surface area contributed by atoms with Gasteiger partial charge in [0.1, 0.15) is 17.3 Å². The number of aliphatic hydroxyl groups is 1. The van der Waals surface area contributed by atoms with Gasteiger partial charge in [0.15, 0.2) is 0 Å². The predicted molar refractivity (Wildman–Crippen MR) is 149 cm³/mol. The molecule has 3 aromatic carbocycles. The van der Waals surface area contributed by atoms with Gasteiger partial charge in [-0.05, 0) is 60.4 Å². The van der Waals surface area contributed by atoms with Crippen LogP contribution < -0.4 is 4.74 Å². The summed E-state index contributed by atoms with van der Waals surface area (Å²) in [6.45, 7) is 6.64. The maximum Gasteiger partial charge on any atom is 0.295 e. The highest BCUT2D eigenvalue weighted by Gasteiger charge is 2.47. The Hall–Kier alpha value is -4.39. The highest BCUT2D eigenvalue weighted by atomic mass is 19.1. The summed E-state index contributed by atoms with van der Waals surface area (Å²) < 4.78 is 21.4. The maximum absolute atomic E-state index is 13.6. The fraction of sp³-hybridized carbons (Fsp3) is 0.250. The van der Waals surface area contributed by atoms with Crippen LogP contribution in [-0.2, 0) is 23.2 Å². The summed E-state index contributed by atoms with van der Waals surface area (Å²) in [7, 11) is 1.90. The van der Waals surface area contributed by atoms with Crippen molar-refractivity contribution in [2.45, 2.75) is 33.4 Å². The average Bonchev–Trinajstić information content (AvgIpc) is 3.37. The molecule has 1 aromatic heterocycles. The van der Waals surface area contributed by atoms with Gasteiger partial charge in [-0.25, -0.2) is 4.39 Å². The van der Waals surface area contributed by atoms with Crippen LogP contribution in [0.4, 0.5) is 4.39 Å². The van der Waals surface area contributed by atoms with E-state index in [2.05, 4.69) is 13.8 Å². The first-order chi connectivity index (χ1) is 18.7. The number of likely N-dealkylation sites (tertiary alicyclic amines) is 1. The molecule has 1 unspecified atom stereocenters. The second kappa shape index (κ2) is 10.4. The molecule has 1 N–H and O–H groups in total. The van der Waals surface area contributed by atoms with Gasteiger partial charge in [-0.1, -0.05) is 44.2 Å². The summed E-state index contributed by atoms with van der Waals surface area (Å²) in [5, 5.41) is 12.4. The fourth-order valence-electron chi connectivity index (χ4n) is 5.11. The van der Waals surface area contributed by atoms with E-state index < -0.39 is 17.7 Å². The standard InChI is InChI=1S/C32H31FN2O4/c1-19(2)18-39-27-14-11-22(15-20(27)3)30(36)28-29(25-17-34(4)26-8-6-5-7-24(25)26)35(32(38)31(28)37)16-21-9-12-23(33)13-10-21/h5-15,17,19,29,36H,16,18H2,1-4H3/b30-28+. The van der Waals surface area contributed by atoms with Crippen molar-refractivity contribution in [2.75, 3.05) is 6.61 Å². The number of halogens is 1. The van der Waals surface area contributed by atoms with E-state index in [1.807, 2.05) is 49.0 Å². The molecule has 1 atom stereocenters. The van der Waals surface area contributed by atoms with Crippen molar-refractivity contribution in [3.63, 3.8) is 0 Å². The normalized spacial score (nSPS) is 17.0. The van der Waals surface area contributed by atoms with Gasteiger partial charge in [0.05, 0.1) is 18.2 Å². The number of carbonyl (C=O) groups excluding carboxylic acids is 2. The van der Waals surface area contributed by atoms with Crippen molar-refractivity contribution >= 4 is 28.4 Å². The summed E-state index contributed by atoms with van der Waals surface area (Å²) in [4.78, 5) is 28.4. The van der Waals surface area contributed by atoms with Crippen LogP contribution >= 0.6 is 0 Å². The molecule has 1 aliphatic heterocycles. The SMILES string of the molecule is Cc1cc(/C(O)=C2\C(=O)C(=O)N(Cc3ccc(F)cc3)C2c2cn(C)c3ccccc23)ccc1OCC(C)C. The number of ether oxygens (including phenoxy) is 1. The number of ketones is 1. The highest BCUT2D eigenvalue weighted by molar-refractivity contribution is 6.46. The van der Waals surface area contributed by atoms with E-state index in [1.165, 1.54) is 17.0 Å². The molecular formula is C32H31FN2O4. The van der Waals surface area contributed by atoms with Gasteiger partial charge >= 0.3 is 0 Å². The number of para-hydroxylation sites is 1. The van der Waals surface area contributed by atoms with Gasteiger partial charge in [-0.2, -0.15) is 0 Å². The second-order valence-electron chi connectivity index (χ2n) is 10.5. The first-order valence-corrected chi connectivity index (χ1v) is 13.0. The van der Waals surface area contributed by atoms with E-state index in [0.29, 0.717) is 29.4 Å². The molecule has 1 amide bonds. The number of hydrogen-bond donors (Lipinski definition) is 1. The van der Waals surface area contributed by atoms with Crippen molar-refractivity contribution in [3.8, 4) is 5.75 Å². The van der Waals surface area contributed by atoms with Gasteiger partial charge in [0.25, 0.3) is 11.7 Å². The summed E-state index contributed by atoms with van der Waals surface area (Å²) in [6, 6.07) is 18.0. The quantitative estimate of drug-likeness (QED) is 0.175. The van der Waals surface area contributed by atoms with Crippen LogP contribution in [0.25, 0.3) is 16.7 Å². The van der Waals surface area contributed by atoms with Crippen LogP contribution in [0.15, 0.2) is 78.5 Å². The van der Waals surface area contributed by atoms with Crippen LogP contribution in [0.3, 0.4) is 0 Å². The molecule has 0 bridgehead atoms. The van der Waals surface area contributed by atoms with Crippen molar-refractivity contribution in [3.05, 3.63) is 107 Å². The average molecular weight is 527 g/mol. The summed E-state index contributed by atoms with van der Waals surface area (Å²) in [6.07, 6.45) is 1.89. The molecule has 0 saturated carbocycles. The predicted octanol–water partition coefficient (Wildman–Crippen LogP) is 6.28. The molecule has 5 rings (SSSR count). The van der Waals surface area contributed by atoms with Crippen molar-refractivity contribution in [2.24, 2.45) is 13.0 Å². The molecule has 4 aromatic rings. The Labute approximate surface area is 226 Å². The smallest absolute Gasteiger partial charge is 0.295 e. The number of hydrogen-bond acceptors (Lipinski definition) is 4. The van der Waals surface area contributed by atoms with Gasteiger partial charge < -0.3 is 19.3 Å². The minimum atomic E-state index is -0.835. The van der Waals surface area contributed by atoms with Gasteiger partial charge in [-0.15, -0.1) is 0 Å². The number of nitrogens with zero attached hydrogens (tertiary/aromatic N) is 2. The number of aliphatic hydroxyl groups excluding tert-OH is 1. The zero-order valence-corrected chi connectivity index (χ0v) is 22.4. The van der Waals surface area contributed by atoms with Crippen LogP contribution in [0, 0.1) is 18.7 Å². The van der Waals surface area contributed by atoms with Crippen LogP contribution in [-0.4, -0.2) is 32.9 Å². The minimum Gasteiger partial charge on any atom is -0.507 e. The lowest BCUT2D eigenvalue weighted by molar-refractivity contribution is -0.140. The Balaban J connectivity index is 1.65. The number of Topliss-reactive ketones (excluding diaryl/α,β-unsaturated/α-hetero) is 1. The lowest BCUT2D eigenvalue weighted by atomic mass is 9.94. The van der Waals surface area contributed by atoms with Crippen LogP contribution in [0.1, 0.15) is 42.1 Å². The van der Waals surface area contributed by atoms with Gasteiger partial charge in [-0.3, -0.25) is 9.59 Å². The van der Waals surface area contributed by atoms with E-state index in [1.54, 1.807) is 30.3 Å². The molecular weight excluding hydrogens is 495 g/mol. The van der Waals surface area contributed by atoms with Crippen LogP contribution in [0.5, 0.6) is 5.75 Å². The third-order valence-electron chi connectivity index (χ3n) is 7.05. The molecule has 39 heavy (non-hydrogen) atoms. The number of rotatable bonds is 7. The first-order valence-electron chi connectivity index (χ1n) is 13.0. The topological polar surface area (TPSA) is 71.8 Å². The van der Waals surface area contributed by atoms with Gasteiger partial charge in [0, 0.05) is 41.8 Å². The number of carbonyl (C=O) groups is 2. The molecule has 1 fully saturated rings. The minimum absolute atomic E-state index is 0.0220. The van der Waals surface area contributed by atoms with E-state index in [-0.39, 0.29) is 23.7 Å². The molecule has 1 aliphatic rings. The third-order valence-corrected chi connectivity index (χ3v) is 7.05. The molecule has 0 spiro atoms. The largest absolute Gasteiger partial charge is 0.507 e. The molecule has 6 nitrogen and oxygen atoms in total. The Morgan fingerprint density at radius 2 is 1.77 bits per heavy atom. The number of amides is 1. The molecule has 2 heterocycles. The number of aryl methyl sites for hydroxylation is 2. The van der Waals surface area contributed by atoms with Crippen molar-refractivity contribution < 1.29 is 23.8 Å². The van der Waals surface area contributed by atoms with Crippen molar-refractivity contribution in [1.82, 2.24) is 9.47 Å². The van der Waals surface area contributed by atoms with Gasteiger partial charge in [0.2, 0.25) is 0 Å². The molecule has 200 valence electrons. The third kappa shape index (κ3) is 4.92. The summed E-state index contributed by atoms with van der Waals surface area (Å²) >= 11 is 0. The summed E-state index contributed by atoms with van der Waals surface area (Å²) in [5.74, 6) is -1.05. The van der Waals surface area contributed by atoms with Crippen molar-refractivity contribution in [1.29, 1.82) is 0 Å². The van der Waals surface area contributed by atoms with E-state index >= 15 is 0 Å². The zero-order chi connectivity index (χ0) is 27.8.